The molecule has 2 heteroatoms. The monoisotopic (exact) mass is 152 g/mol. The summed E-state index contributed by atoms with van der Waals surface area (Å²) in [6.45, 7) is 0. The van der Waals surface area contributed by atoms with Gasteiger partial charge in [-0.15, -0.1) is 0 Å². The van der Waals surface area contributed by atoms with Crippen molar-refractivity contribution < 1.29 is 9.90 Å². The van der Waals surface area contributed by atoms with Crippen LogP contribution >= 0.6 is 0 Å². The van der Waals surface area contributed by atoms with Gasteiger partial charge in [0.2, 0.25) is 0 Å². The Bertz CT molecular complexity index is 220. The number of carbonyl (C=O) groups is 1. The topological polar surface area (TPSA) is 37.3 Å². The van der Waals surface area contributed by atoms with Crippen LogP contribution in [0.3, 0.4) is 0 Å². The largest absolute Gasteiger partial charge is 0.385 e. The number of fused-ring (bicyclic) bond motifs is 1. The van der Waals surface area contributed by atoms with Gasteiger partial charge in [0.25, 0.3) is 0 Å². The van der Waals surface area contributed by atoms with E-state index in [1.165, 1.54) is 6.08 Å². The highest BCUT2D eigenvalue weighted by Gasteiger charge is 2.43. The van der Waals surface area contributed by atoms with Crippen LogP contribution in [0.5, 0.6) is 0 Å². The third kappa shape index (κ3) is 0.932. The van der Waals surface area contributed by atoms with Crippen LogP contribution in [0.1, 0.15) is 25.7 Å². The molecule has 0 amide bonds. The molecule has 0 radical (unpaired) electrons. The van der Waals surface area contributed by atoms with Gasteiger partial charge in [-0.1, -0.05) is 12.8 Å². The third-order valence-corrected chi connectivity index (χ3v) is 2.80. The predicted molar refractivity (Wildman–Crippen MR) is 41.1 cm³/mol. The molecular formula is C9H12O2. The van der Waals surface area contributed by atoms with Gasteiger partial charge in [-0.05, 0) is 25.0 Å². The first-order valence-corrected chi connectivity index (χ1v) is 4.18. The second-order valence-electron chi connectivity index (χ2n) is 3.53. The van der Waals surface area contributed by atoms with E-state index in [0.29, 0.717) is 0 Å². The van der Waals surface area contributed by atoms with Crippen LogP contribution in [0.2, 0.25) is 0 Å². The van der Waals surface area contributed by atoms with Crippen LogP contribution in [0.25, 0.3) is 0 Å². The number of carbonyl (C=O) groups excluding carboxylic acids is 1. The van der Waals surface area contributed by atoms with Gasteiger partial charge in [-0.25, -0.2) is 0 Å². The van der Waals surface area contributed by atoms with Gasteiger partial charge in [-0.2, -0.15) is 0 Å². The van der Waals surface area contributed by atoms with E-state index in [2.05, 4.69) is 0 Å². The van der Waals surface area contributed by atoms with Gasteiger partial charge in [0.1, 0.15) is 0 Å². The van der Waals surface area contributed by atoms with Crippen molar-refractivity contribution in [1.82, 2.24) is 0 Å². The number of hydrogen-bond donors (Lipinski definition) is 1. The molecule has 2 aliphatic rings. The van der Waals surface area contributed by atoms with Crippen LogP contribution < -0.4 is 0 Å². The average molecular weight is 152 g/mol. The van der Waals surface area contributed by atoms with Gasteiger partial charge < -0.3 is 5.11 Å². The average Bonchev–Trinajstić information content (AvgIpc) is 2.29. The maximum Gasteiger partial charge on any atom is 0.161 e. The van der Waals surface area contributed by atoms with Crippen molar-refractivity contribution in [3.63, 3.8) is 0 Å². The maximum absolute atomic E-state index is 11.2. The third-order valence-electron chi connectivity index (χ3n) is 2.80. The van der Waals surface area contributed by atoms with Crippen molar-refractivity contribution in [3.8, 4) is 0 Å². The summed E-state index contributed by atoms with van der Waals surface area (Å²) in [6, 6.07) is 0. The summed E-state index contributed by atoms with van der Waals surface area (Å²) in [5.74, 6) is 0.00319. The molecule has 0 unspecified atom stereocenters. The quantitative estimate of drug-likeness (QED) is 0.563. The molecule has 0 saturated heterocycles. The Balaban J connectivity index is 2.27. The van der Waals surface area contributed by atoms with E-state index in [0.717, 1.165) is 25.7 Å². The summed E-state index contributed by atoms with van der Waals surface area (Å²) in [6.07, 6.45) is 6.97. The van der Waals surface area contributed by atoms with E-state index in [9.17, 15) is 9.90 Å². The number of allylic oxidation sites excluding steroid dienone is 1. The molecular weight excluding hydrogens is 140 g/mol. The highest BCUT2D eigenvalue weighted by molar-refractivity contribution is 5.96. The molecule has 1 fully saturated rings. The number of rotatable bonds is 0. The molecule has 1 saturated carbocycles. The zero-order chi connectivity index (χ0) is 7.90. The van der Waals surface area contributed by atoms with Crippen LogP contribution in [0, 0.1) is 5.92 Å². The molecule has 0 spiro atoms. The molecule has 0 heterocycles. The molecule has 2 rings (SSSR count). The van der Waals surface area contributed by atoms with Crippen molar-refractivity contribution in [2.24, 2.45) is 5.92 Å². The summed E-state index contributed by atoms with van der Waals surface area (Å²) in [4.78, 5) is 11.2. The molecule has 0 bridgehead atoms. The zero-order valence-electron chi connectivity index (χ0n) is 6.42. The molecule has 2 nitrogen and oxygen atoms in total. The number of aliphatic hydroxyl groups is 1. The first kappa shape index (κ1) is 7.04. The fourth-order valence-electron chi connectivity index (χ4n) is 2.11. The van der Waals surface area contributed by atoms with Crippen LogP contribution in [-0.4, -0.2) is 16.5 Å². The highest BCUT2D eigenvalue weighted by Crippen LogP contribution is 2.39. The van der Waals surface area contributed by atoms with Crippen LogP contribution in [-0.2, 0) is 4.79 Å². The Morgan fingerprint density at radius 1 is 1.55 bits per heavy atom. The molecule has 2 aliphatic carbocycles. The molecule has 11 heavy (non-hydrogen) atoms. The van der Waals surface area contributed by atoms with Crippen LogP contribution in [0.4, 0.5) is 0 Å². The van der Waals surface area contributed by atoms with E-state index in [4.69, 9.17) is 0 Å². The zero-order valence-corrected chi connectivity index (χ0v) is 6.42. The Morgan fingerprint density at radius 2 is 2.36 bits per heavy atom. The first-order chi connectivity index (χ1) is 5.22. The molecule has 1 N–H and O–H groups in total. The van der Waals surface area contributed by atoms with Gasteiger partial charge in [-0.3, -0.25) is 4.79 Å². The highest BCUT2D eigenvalue weighted by atomic mass is 16.3. The van der Waals surface area contributed by atoms with Crippen molar-refractivity contribution in [2.45, 2.75) is 31.3 Å². The van der Waals surface area contributed by atoms with E-state index < -0.39 is 5.60 Å². The Morgan fingerprint density at radius 3 is 3.09 bits per heavy atom. The van der Waals surface area contributed by atoms with Gasteiger partial charge in [0.05, 0.1) is 11.5 Å². The second-order valence-corrected chi connectivity index (χ2v) is 3.53. The summed E-state index contributed by atoms with van der Waals surface area (Å²) in [5.41, 5.74) is -0.769. The minimum absolute atomic E-state index is 0.115. The molecule has 2 atom stereocenters. The fraction of sp³-hybridized carbons (Fsp3) is 0.667. The van der Waals surface area contributed by atoms with Crippen molar-refractivity contribution in [1.29, 1.82) is 0 Å². The Labute approximate surface area is 65.9 Å². The summed E-state index contributed by atoms with van der Waals surface area (Å²) >= 11 is 0. The SMILES string of the molecule is O=C1C=C[C@]2(O)CCCC[C@H]12. The van der Waals surface area contributed by atoms with Crippen molar-refractivity contribution >= 4 is 5.78 Å². The van der Waals surface area contributed by atoms with Gasteiger partial charge in [0, 0.05) is 0 Å². The number of hydrogen-bond acceptors (Lipinski definition) is 2. The van der Waals surface area contributed by atoms with E-state index in [-0.39, 0.29) is 11.7 Å². The standard InChI is InChI=1S/C9H12O2/c10-8-4-6-9(11)5-2-1-3-7(8)9/h4,6-7,11H,1-3,5H2/t7-,9-/m1/s1. The smallest absolute Gasteiger partial charge is 0.161 e. The van der Waals surface area contributed by atoms with Crippen molar-refractivity contribution in [3.05, 3.63) is 12.2 Å². The normalized spacial score (nSPS) is 42.6. The minimum atomic E-state index is -0.769. The van der Waals surface area contributed by atoms with Crippen molar-refractivity contribution in [2.75, 3.05) is 0 Å². The molecule has 0 aromatic rings. The Kier molecular flexibility index (Phi) is 1.39. The Hall–Kier alpha value is -0.630. The van der Waals surface area contributed by atoms with Gasteiger partial charge >= 0.3 is 0 Å². The minimum Gasteiger partial charge on any atom is -0.385 e. The summed E-state index contributed by atoms with van der Waals surface area (Å²) in [5, 5.41) is 9.87. The number of ketones is 1. The first-order valence-electron chi connectivity index (χ1n) is 4.18. The molecule has 60 valence electrons. The predicted octanol–water partition coefficient (Wildman–Crippen LogP) is 1.05. The maximum atomic E-state index is 11.2. The van der Waals surface area contributed by atoms with E-state index in [1.807, 2.05) is 0 Å². The lowest BCUT2D eigenvalue weighted by atomic mass is 9.77. The van der Waals surface area contributed by atoms with E-state index in [1.54, 1.807) is 6.08 Å². The van der Waals surface area contributed by atoms with Gasteiger partial charge in [0.15, 0.2) is 5.78 Å². The van der Waals surface area contributed by atoms with E-state index >= 15 is 0 Å². The molecule has 0 aromatic heterocycles. The molecule has 0 aromatic carbocycles. The summed E-state index contributed by atoms with van der Waals surface area (Å²) < 4.78 is 0. The lowest BCUT2D eigenvalue weighted by Crippen LogP contribution is -2.38. The lowest BCUT2D eigenvalue weighted by Gasteiger charge is -2.32. The summed E-state index contributed by atoms with van der Waals surface area (Å²) in [7, 11) is 0. The van der Waals surface area contributed by atoms with Crippen LogP contribution in [0.15, 0.2) is 12.2 Å². The lowest BCUT2D eigenvalue weighted by molar-refractivity contribution is -0.124. The molecule has 0 aliphatic heterocycles. The second kappa shape index (κ2) is 2.18. The fourth-order valence-corrected chi connectivity index (χ4v) is 2.11.